The number of hydrogen-bond acceptors (Lipinski definition) is 4. The summed E-state index contributed by atoms with van der Waals surface area (Å²) in [6.45, 7) is 9.31. The van der Waals surface area contributed by atoms with Crippen molar-refractivity contribution >= 4 is 17.8 Å². The summed E-state index contributed by atoms with van der Waals surface area (Å²) in [5.41, 5.74) is 1.70. The molecule has 1 heterocycles. The first-order valence-electron chi connectivity index (χ1n) is 7.72. The number of ether oxygens (including phenoxy) is 1. The molecule has 1 aromatic rings. The van der Waals surface area contributed by atoms with E-state index in [2.05, 4.69) is 15.6 Å². The van der Waals surface area contributed by atoms with E-state index in [4.69, 9.17) is 4.74 Å². The van der Waals surface area contributed by atoms with E-state index in [0.29, 0.717) is 23.4 Å². The van der Waals surface area contributed by atoms with Gasteiger partial charge >= 0.3 is 5.97 Å². The van der Waals surface area contributed by atoms with Gasteiger partial charge in [0.25, 0.3) is 5.91 Å². The number of rotatable bonds is 7. The van der Waals surface area contributed by atoms with Gasteiger partial charge in [-0.15, -0.1) is 0 Å². The molecule has 7 heteroatoms. The SMILES string of the molecule is CCCNC(=O)CNC(=O)c1[nH]c(C)c(C(=O)OC(C)C)c1C. The van der Waals surface area contributed by atoms with Crippen LogP contribution >= 0.6 is 0 Å². The van der Waals surface area contributed by atoms with Gasteiger partial charge in [-0.05, 0) is 39.7 Å². The van der Waals surface area contributed by atoms with E-state index < -0.39 is 11.9 Å². The predicted octanol–water partition coefficient (Wildman–Crippen LogP) is 1.45. The highest BCUT2D eigenvalue weighted by Crippen LogP contribution is 2.19. The Kier molecular flexibility index (Phi) is 6.81. The van der Waals surface area contributed by atoms with Gasteiger partial charge in [-0.3, -0.25) is 9.59 Å². The summed E-state index contributed by atoms with van der Waals surface area (Å²) in [4.78, 5) is 38.7. The van der Waals surface area contributed by atoms with Crippen molar-refractivity contribution in [2.24, 2.45) is 0 Å². The highest BCUT2D eigenvalue weighted by molar-refractivity contribution is 6.01. The second-order valence-corrected chi connectivity index (χ2v) is 5.61. The van der Waals surface area contributed by atoms with E-state index in [1.54, 1.807) is 27.7 Å². The van der Waals surface area contributed by atoms with Crippen LogP contribution in [0.15, 0.2) is 0 Å². The first-order chi connectivity index (χ1) is 10.8. The minimum atomic E-state index is -0.467. The van der Waals surface area contributed by atoms with Crippen molar-refractivity contribution in [3.8, 4) is 0 Å². The number of hydrogen-bond donors (Lipinski definition) is 3. The quantitative estimate of drug-likeness (QED) is 0.661. The topological polar surface area (TPSA) is 100 Å². The molecule has 1 rings (SSSR count). The van der Waals surface area contributed by atoms with Gasteiger partial charge in [0.1, 0.15) is 5.69 Å². The average Bonchev–Trinajstić information content (AvgIpc) is 2.76. The third kappa shape index (κ3) is 5.12. The van der Waals surface area contributed by atoms with E-state index in [1.807, 2.05) is 6.92 Å². The Hall–Kier alpha value is -2.31. The fraction of sp³-hybridized carbons (Fsp3) is 0.562. The van der Waals surface area contributed by atoms with Gasteiger partial charge < -0.3 is 20.4 Å². The van der Waals surface area contributed by atoms with Crippen molar-refractivity contribution in [1.29, 1.82) is 0 Å². The number of aromatic nitrogens is 1. The molecule has 0 atom stereocenters. The summed E-state index contributed by atoms with van der Waals surface area (Å²) in [5, 5.41) is 5.21. The standard InChI is InChI=1S/C16H25N3O4/c1-6-7-17-12(20)8-18-15(21)14-10(4)13(11(5)19-14)16(22)23-9(2)3/h9,19H,6-8H2,1-5H3,(H,17,20)(H,18,21). The fourth-order valence-electron chi connectivity index (χ4n) is 2.13. The molecule has 0 aliphatic carbocycles. The molecule has 0 saturated heterocycles. The highest BCUT2D eigenvalue weighted by atomic mass is 16.5. The molecule has 0 fully saturated rings. The molecule has 0 radical (unpaired) electrons. The molecule has 0 bridgehead atoms. The lowest BCUT2D eigenvalue weighted by Crippen LogP contribution is -2.37. The normalized spacial score (nSPS) is 10.5. The van der Waals surface area contributed by atoms with Crippen LogP contribution < -0.4 is 10.6 Å². The van der Waals surface area contributed by atoms with Crippen LogP contribution in [-0.4, -0.2) is 42.0 Å². The minimum Gasteiger partial charge on any atom is -0.459 e. The second kappa shape index (κ2) is 8.36. The Bertz CT molecular complexity index is 590. The van der Waals surface area contributed by atoms with Crippen molar-refractivity contribution in [3.05, 3.63) is 22.5 Å². The Morgan fingerprint density at radius 1 is 1.17 bits per heavy atom. The molecule has 3 N–H and O–H groups in total. The minimum absolute atomic E-state index is 0.109. The lowest BCUT2D eigenvalue weighted by Gasteiger charge is -2.08. The highest BCUT2D eigenvalue weighted by Gasteiger charge is 2.23. The van der Waals surface area contributed by atoms with Crippen molar-refractivity contribution in [2.45, 2.75) is 47.1 Å². The third-order valence-corrected chi connectivity index (χ3v) is 3.19. The number of aryl methyl sites for hydroxylation is 1. The molecular formula is C16H25N3O4. The number of H-pyrrole nitrogens is 1. The van der Waals surface area contributed by atoms with Crippen LogP contribution in [0.4, 0.5) is 0 Å². The van der Waals surface area contributed by atoms with Crippen molar-refractivity contribution in [3.63, 3.8) is 0 Å². The van der Waals surface area contributed by atoms with Crippen molar-refractivity contribution in [1.82, 2.24) is 15.6 Å². The molecule has 2 amide bonds. The summed E-state index contributed by atoms with van der Waals surface area (Å²) in [5.74, 6) is -1.15. The van der Waals surface area contributed by atoms with E-state index in [9.17, 15) is 14.4 Å². The Labute approximate surface area is 136 Å². The number of amides is 2. The smallest absolute Gasteiger partial charge is 0.340 e. The largest absolute Gasteiger partial charge is 0.459 e. The van der Waals surface area contributed by atoms with E-state index in [0.717, 1.165) is 6.42 Å². The lowest BCUT2D eigenvalue weighted by atomic mass is 10.1. The maximum absolute atomic E-state index is 12.2. The molecular weight excluding hydrogens is 298 g/mol. The van der Waals surface area contributed by atoms with E-state index in [-0.39, 0.29) is 24.2 Å². The van der Waals surface area contributed by atoms with Crippen LogP contribution in [-0.2, 0) is 9.53 Å². The molecule has 0 aliphatic heterocycles. The Morgan fingerprint density at radius 2 is 1.83 bits per heavy atom. The molecule has 0 unspecified atom stereocenters. The third-order valence-electron chi connectivity index (χ3n) is 3.19. The molecule has 7 nitrogen and oxygen atoms in total. The lowest BCUT2D eigenvalue weighted by molar-refractivity contribution is -0.120. The maximum atomic E-state index is 12.2. The monoisotopic (exact) mass is 323 g/mol. The number of carbonyl (C=O) groups is 3. The average molecular weight is 323 g/mol. The van der Waals surface area contributed by atoms with Crippen molar-refractivity contribution < 1.29 is 19.1 Å². The van der Waals surface area contributed by atoms with Gasteiger partial charge in [-0.25, -0.2) is 4.79 Å². The molecule has 0 aromatic carbocycles. The van der Waals surface area contributed by atoms with Gasteiger partial charge in [-0.1, -0.05) is 6.92 Å². The van der Waals surface area contributed by atoms with E-state index >= 15 is 0 Å². The number of aromatic amines is 1. The van der Waals surface area contributed by atoms with E-state index in [1.165, 1.54) is 0 Å². The predicted molar refractivity (Wildman–Crippen MR) is 86.5 cm³/mol. The van der Waals surface area contributed by atoms with Gasteiger partial charge in [0.05, 0.1) is 18.2 Å². The summed E-state index contributed by atoms with van der Waals surface area (Å²) in [7, 11) is 0. The first-order valence-corrected chi connectivity index (χ1v) is 7.72. The molecule has 23 heavy (non-hydrogen) atoms. The van der Waals surface area contributed by atoms with Gasteiger partial charge in [-0.2, -0.15) is 0 Å². The molecule has 0 spiro atoms. The van der Waals surface area contributed by atoms with Crippen LogP contribution in [0.1, 0.15) is 59.3 Å². The summed E-state index contributed by atoms with van der Waals surface area (Å²) in [6, 6.07) is 0. The number of carbonyl (C=O) groups excluding carboxylic acids is 3. The molecule has 1 aromatic heterocycles. The van der Waals surface area contributed by atoms with Crippen LogP contribution in [0.3, 0.4) is 0 Å². The molecule has 0 aliphatic rings. The van der Waals surface area contributed by atoms with Crippen LogP contribution in [0.5, 0.6) is 0 Å². The summed E-state index contributed by atoms with van der Waals surface area (Å²) < 4.78 is 5.18. The first kappa shape index (κ1) is 18.7. The van der Waals surface area contributed by atoms with Gasteiger partial charge in [0, 0.05) is 12.2 Å². The number of esters is 1. The zero-order valence-corrected chi connectivity index (χ0v) is 14.3. The summed E-state index contributed by atoms with van der Waals surface area (Å²) >= 11 is 0. The number of nitrogens with one attached hydrogen (secondary N) is 3. The van der Waals surface area contributed by atoms with Crippen LogP contribution in [0, 0.1) is 13.8 Å². The van der Waals surface area contributed by atoms with Crippen LogP contribution in [0.25, 0.3) is 0 Å². The zero-order chi connectivity index (χ0) is 17.6. The second-order valence-electron chi connectivity index (χ2n) is 5.61. The van der Waals surface area contributed by atoms with Gasteiger partial charge in [0.15, 0.2) is 0 Å². The zero-order valence-electron chi connectivity index (χ0n) is 14.3. The van der Waals surface area contributed by atoms with Crippen LogP contribution in [0.2, 0.25) is 0 Å². The maximum Gasteiger partial charge on any atom is 0.340 e. The molecule has 0 saturated carbocycles. The Balaban J connectivity index is 2.79. The Morgan fingerprint density at radius 3 is 2.39 bits per heavy atom. The summed E-state index contributed by atoms with van der Waals surface area (Å²) in [6.07, 6.45) is 0.589. The fourth-order valence-corrected chi connectivity index (χ4v) is 2.13. The van der Waals surface area contributed by atoms with Crippen molar-refractivity contribution in [2.75, 3.05) is 13.1 Å². The molecule has 128 valence electrons. The van der Waals surface area contributed by atoms with Gasteiger partial charge in [0.2, 0.25) is 5.91 Å².